The zero-order valence-corrected chi connectivity index (χ0v) is 9.29. The molecule has 5 heteroatoms. The van der Waals surface area contributed by atoms with Crippen LogP contribution in [0, 0.1) is 0 Å². The molecule has 1 amide bonds. The van der Waals surface area contributed by atoms with Crippen molar-refractivity contribution in [3.05, 3.63) is 29.8 Å². The highest BCUT2D eigenvalue weighted by Gasteiger charge is 2.27. The highest BCUT2D eigenvalue weighted by molar-refractivity contribution is 8.14. The lowest BCUT2D eigenvalue weighted by atomic mass is 10.1. The van der Waals surface area contributed by atoms with E-state index in [0.29, 0.717) is 6.42 Å². The number of thioether (sulfide) groups is 1. The molecule has 2 rings (SSSR count). The topological polar surface area (TPSA) is 66.4 Å². The van der Waals surface area contributed by atoms with Crippen LogP contribution >= 0.6 is 11.8 Å². The molecule has 84 valence electrons. The lowest BCUT2D eigenvalue weighted by Gasteiger charge is -2.10. The van der Waals surface area contributed by atoms with Gasteiger partial charge in [0.25, 0.3) is 5.91 Å². The van der Waals surface area contributed by atoms with Gasteiger partial charge >= 0.3 is 0 Å². The first kappa shape index (κ1) is 11.0. The SMILES string of the molecule is O=C(N[C@@H]1CCSC1=O)c1ccccc1O. The van der Waals surface area contributed by atoms with E-state index in [9.17, 15) is 14.7 Å². The van der Waals surface area contributed by atoms with Crippen LogP contribution in [-0.4, -0.2) is 27.9 Å². The monoisotopic (exact) mass is 237 g/mol. The molecule has 0 aromatic heterocycles. The largest absolute Gasteiger partial charge is 0.507 e. The van der Waals surface area contributed by atoms with Gasteiger partial charge in [0.15, 0.2) is 0 Å². The number of nitrogens with one attached hydrogen (secondary N) is 1. The van der Waals surface area contributed by atoms with Crippen molar-refractivity contribution in [2.24, 2.45) is 0 Å². The van der Waals surface area contributed by atoms with E-state index in [1.54, 1.807) is 12.1 Å². The molecular weight excluding hydrogens is 226 g/mol. The summed E-state index contributed by atoms with van der Waals surface area (Å²) < 4.78 is 0. The van der Waals surface area contributed by atoms with E-state index in [1.807, 2.05) is 0 Å². The number of rotatable bonds is 2. The van der Waals surface area contributed by atoms with Gasteiger partial charge in [0.2, 0.25) is 5.12 Å². The van der Waals surface area contributed by atoms with Gasteiger partial charge in [-0.3, -0.25) is 9.59 Å². The van der Waals surface area contributed by atoms with Gasteiger partial charge in [0, 0.05) is 5.75 Å². The van der Waals surface area contributed by atoms with E-state index < -0.39 is 11.9 Å². The number of phenolic OH excluding ortho intramolecular Hbond substituents is 1. The summed E-state index contributed by atoms with van der Waals surface area (Å²) in [4.78, 5) is 23.0. The van der Waals surface area contributed by atoms with Crippen LogP contribution in [0.15, 0.2) is 24.3 Å². The molecular formula is C11H11NO3S. The van der Waals surface area contributed by atoms with Crippen molar-refractivity contribution < 1.29 is 14.7 Å². The second-order valence-corrected chi connectivity index (χ2v) is 4.60. The minimum Gasteiger partial charge on any atom is -0.507 e. The summed E-state index contributed by atoms with van der Waals surface area (Å²) >= 11 is 1.23. The van der Waals surface area contributed by atoms with E-state index in [2.05, 4.69) is 5.32 Å². The van der Waals surface area contributed by atoms with Crippen LogP contribution in [0.25, 0.3) is 0 Å². The Morgan fingerprint density at radius 2 is 2.19 bits per heavy atom. The molecule has 0 aliphatic carbocycles. The molecule has 4 nitrogen and oxygen atoms in total. The Labute approximate surface area is 97.0 Å². The van der Waals surface area contributed by atoms with E-state index in [1.165, 1.54) is 23.9 Å². The standard InChI is InChI=1S/C11H11NO3S/c13-9-4-2-1-3-7(9)10(14)12-8-5-6-16-11(8)15/h1-4,8,13H,5-6H2,(H,12,14)/t8-/m1/s1. The molecule has 0 bridgehead atoms. The Kier molecular flexibility index (Phi) is 3.14. The molecule has 1 aromatic rings. The molecule has 0 radical (unpaired) electrons. The quantitative estimate of drug-likeness (QED) is 0.810. The number of para-hydroxylation sites is 1. The van der Waals surface area contributed by atoms with Crippen molar-refractivity contribution in [1.29, 1.82) is 0 Å². The number of carbonyl (C=O) groups is 2. The van der Waals surface area contributed by atoms with Crippen molar-refractivity contribution in [2.75, 3.05) is 5.75 Å². The number of hydrogen-bond donors (Lipinski definition) is 2. The van der Waals surface area contributed by atoms with Crippen LogP contribution in [0.2, 0.25) is 0 Å². The molecule has 1 aromatic carbocycles. The minimum atomic E-state index is -0.419. The Morgan fingerprint density at radius 1 is 1.44 bits per heavy atom. The second kappa shape index (κ2) is 4.57. The van der Waals surface area contributed by atoms with Crippen molar-refractivity contribution in [3.8, 4) is 5.75 Å². The summed E-state index contributed by atoms with van der Waals surface area (Å²) in [6, 6.07) is 5.86. The van der Waals surface area contributed by atoms with Gasteiger partial charge in [-0.1, -0.05) is 23.9 Å². The lowest BCUT2D eigenvalue weighted by molar-refractivity contribution is -0.112. The number of hydrogen-bond acceptors (Lipinski definition) is 4. The second-order valence-electron chi connectivity index (χ2n) is 3.50. The first-order valence-electron chi connectivity index (χ1n) is 4.94. The van der Waals surface area contributed by atoms with Crippen LogP contribution in [0.1, 0.15) is 16.8 Å². The summed E-state index contributed by atoms with van der Waals surface area (Å²) in [5, 5.41) is 12.1. The number of carbonyl (C=O) groups excluding carboxylic acids is 2. The van der Waals surface area contributed by atoms with Crippen LogP contribution in [0.3, 0.4) is 0 Å². The Bertz CT molecular complexity index is 433. The third kappa shape index (κ3) is 2.19. The molecule has 1 heterocycles. The molecule has 1 atom stereocenters. The van der Waals surface area contributed by atoms with Crippen LogP contribution in [0.5, 0.6) is 5.75 Å². The van der Waals surface area contributed by atoms with E-state index in [0.717, 1.165) is 5.75 Å². The fourth-order valence-electron chi connectivity index (χ4n) is 1.53. The smallest absolute Gasteiger partial charge is 0.255 e. The Balaban J connectivity index is 2.09. The third-order valence-electron chi connectivity index (χ3n) is 2.39. The van der Waals surface area contributed by atoms with Crippen molar-refractivity contribution in [2.45, 2.75) is 12.5 Å². The van der Waals surface area contributed by atoms with Gasteiger partial charge < -0.3 is 10.4 Å². The van der Waals surface area contributed by atoms with E-state index in [-0.39, 0.29) is 16.4 Å². The number of benzene rings is 1. The summed E-state index contributed by atoms with van der Waals surface area (Å²) in [7, 11) is 0. The van der Waals surface area contributed by atoms with E-state index in [4.69, 9.17) is 0 Å². The summed E-state index contributed by atoms with van der Waals surface area (Å²) in [6.07, 6.45) is 0.656. The van der Waals surface area contributed by atoms with Gasteiger partial charge in [-0.2, -0.15) is 0 Å². The van der Waals surface area contributed by atoms with Crippen molar-refractivity contribution >= 4 is 22.8 Å². The molecule has 1 fully saturated rings. The average Bonchev–Trinajstić information content (AvgIpc) is 2.65. The average molecular weight is 237 g/mol. The van der Waals surface area contributed by atoms with Crippen LogP contribution < -0.4 is 5.32 Å². The van der Waals surface area contributed by atoms with Crippen LogP contribution in [-0.2, 0) is 4.79 Å². The van der Waals surface area contributed by atoms with Gasteiger partial charge in [-0.05, 0) is 18.6 Å². The van der Waals surface area contributed by atoms with Gasteiger partial charge in [-0.15, -0.1) is 0 Å². The maximum Gasteiger partial charge on any atom is 0.255 e. The lowest BCUT2D eigenvalue weighted by Crippen LogP contribution is -2.37. The molecule has 1 aliphatic heterocycles. The van der Waals surface area contributed by atoms with Crippen molar-refractivity contribution in [1.82, 2.24) is 5.32 Å². The highest BCUT2D eigenvalue weighted by atomic mass is 32.2. The third-order valence-corrected chi connectivity index (χ3v) is 3.40. The molecule has 16 heavy (non-hydrogen) atoms. The molecule has 0 spiro atoms. The van der Waals surface area contributed by atoms with Gasteiger partial charge in [0.05, 0.1) is 11.6 Å². The number of amides is 1. The summed E-state index contributed by atoms with van der Waals surface area (Å²) in [6.45, 7) is 0. The number of phenols is 1. The van der Waals surface area contributed by atoms with Gasteiger partial charge in [-0.25, -0.2) is 0 Å². The summed E-state index contributed by atoms with van der Waals surface area (Å²) in [5.41, 5.74) is 0.201. The first-order valence-corrected chi connectivity index (χ1v) is 5.92. The fourth-order valence-corrected chi connectivity index (χ4v) is 2.46. The van der Waals surface area contributed by atoms with E-state index >= 15 is 0 Å². The Hall–Kier alpha value is -1.49. The maximum absolute atomic E-state index is 11.7. The zero-order valence-electron chi connectivity index (χ0n) is 8.47. The predicted molar refractivity (Wildman–Crippen MR) is 61.4 cm³/mol. The van der Waals surface area contributed by atoms with Crippen LogP contribution in [0.4, 0.5) is 0 Å². The Morgan fingerprint density at radius 3 is 2.81 bits per heavy atom. The highest BCUT2D eigenvalue weighted by Crippen LogP contribution is 2.21. The normalized spacial score (nSPS) is 19.8. The molecule has 0 saturated carbocycles. The van der Waals surface area contributed by atoms with Crippen molar-refractivity contribution in [3.63, 3.8) is 0 Å². The molecule has 1 saturated heterocycles. The molecule has 1 aliphatic rings. The summed E-state index contributed by atoms with van der Waals surface area (Å²) in [5.74, 6) is 0.266. The minimum absolute atomic E-state index is 0.0104. The molecule has 2 N–H and O–H groups in total. The zero-order chi connectivity index (χ0) is 11.5. The number of aromatic hydroxyl groups is 1. The predicted octanol–water partition coefficient (Wildman–Crippen LogP) is 1.15. The first-order chi connectivity index (χ1) is 7.68. The van der Waals surface area contributed by atoms with Gasteiger partial charge in [0.1, 0.15) is 5.75 Å². The maximum atomic E-state index is 11.7. The fraction of sp³-hybridized carbons (Fsp3) is 0.273. The molecule has 0 unspecified atom stereocenters.